The third kappa shape index (κ3) is 2.98. The lowest BCUT2D eigenvalue weighted by Crippen LogP contribution is -2.62. The number of halogens is 2. The molecule has 0 spiro atoms. The summed E-state index contributed by atoms with van der Waals surface area (Å²) < 4.78 is 15.1. The summed E-state index contributed by atoms with van der Waals surface area (Å²) in [5, 5.41) is 9.88. The fraction of sp³-hybridized carbons (Fsp3) is 0.588. The highest BCUT2D eigenvalue weighted by Gasteiger charge is 2.46. The Morgan fingerprint density at radius 1 is 1.39 bits per heavy atom. The molecule has 1 unspecified atom stereocenters. The van der Waals surface area contributed by atoms with Crippen molar-refractivity contribution < 1.29 is 14.3 Å². The summed E-state index contributed by atoms with van der Waals surface area (Å²) in [4.78, 5) is 15.9. The second-order valence-corrected chi connectivity index (χ2v) is 7.96. The highest BCUT2D eigenvalue weighted by molar-refractivity contribution is 9.10. The van der Waals surface area contributed by atoms with Crippen LogP contribution in [0, 0.1) is 11.7 Å². The van der Waals surface area contributed by atoms with Crippen LogP contribution in [0.15, 0.2) is 22.7 Å². The molecule has 3 aliphatic rings. The molecule has 1 atom stereocenters. The first-order valence-electron chi connectivity index (χ1n) is 8.01. The zero-order valence-electron chi connectivity index (χ0n) is 13.4. The van der Waals surface area contributed by atoms with Gasteiger partial charge in [0.1, 0.15) is 5.82 Å². The number of fused-ring (bicyclic) bond motifs is 3. The number of carbonyl (C=O) groups is 1. The topological polar surface area (TPSA) is 43.8 Å². The molecule has 1 amide bonds. The normalized spacial score (nSPS) is 27.0. The van der Waals surface area contributed by atoms with E-state index in [2.05, 4.69) is 20.8 Å². The number of piperidine rings is 3. The van der Waals surface area contributed by atoms with Crippen LogP contribution < -0.4 is 0 Å². The number of amides is 1. The first-order valence-corrected chi connectivity index (χ1v) is 8.80. The molecule has 4 rings (SSSR count). The Kier molecular flexibility index (Phi) is 4.40. The number of carboxylic acid groups (broad SMARTS) is 1. The quantitative estimate of drug-likeness (QED) is 0.859. The Hall–Kier alpha value is -1.14. The monoisotopic (exact) mass is 384 g/mol. The maximum Gasteiger partial charge on any atom is 0.408 e. The van der Waals surface area contributed by atoms with Gasteiger partial charge >= 0.3 is 6.09 Å². The lowest BCUT2D eigenvalue weighted by molar-refractivity contribution is -0.0297. The van der Waals surface area contributed by atoms with Crippen LogP contribution in [0.4, 0.5) is 9.18 Å². The van der Waals surface area contributed by atoms with E-state index < -0.39 is 11.6 Å². The Balaban J connectivity index is 1.99. The van der Waals surface area contributed by atoms with Crippen LogP contribution in [-0.4, -0.2) is 46.7 Å². The molecular weight excluding hydrogens is 363 g/mol. The van der Waals surface area contributed by atoms with E-state index in [-0.39, 0.29) is 11.9 Å². The van der Waals surface area contributed by atoms with E-state index in [1.165, 1.54) is 11.0 Å². The van der Waals surface area contributed by atoms with E-state index in [1.807, 2.05) is 0 Å². The van der Waals surface area contributed by atoms with E-state index in [0.717, 1.165) is 36.9 Å². The maximum atomic E-state index is 14.4. The number of nitrogens with zero attached hydrogens (tertiary/aromatic N) is 2. The molecule has 3 saturated heterocycles. The van der Waals surface area contributed by atoms with Gasteiger partial charge in [0.05, 0.1) is 11.6 Å². The van der Waals surface area contributed by atoms with Gasteiger partial charge in [-0.3, -0.25) is 4.90 Å². The third-order valence-electron chi connectivity index (χ3n) is 5.35. The van der Waals surface area contributed by atoms with Gasteiger partial charge in [-0.1, -0.05) is 15.9 Å². The van der Waals surface area contributed by atoms with Gasteiger partial charge in [0.2, 0.25) is 0 Å². The summed E-state index contributed by atoms with van der Waals surface area (Å²) in [5.74, 6) is -0.00341. The van der Waals surface area contributed by atoms with Crippen LogP contribution in [0.3, 0.4) is 0 Å². The molecule has 3 aliphatic heterocycles. The van der Waals surface area contributed by atoms with Crippen LogP contribution >= 0.6 is 15.9 Å². The fourth-order valence-corrected chi connectivity index (χ4v) is 4.48. The van der Waals surface area contributed by atoms with Crippen molar-refractivity contribution in [2.75, 3.05) is 19.6 Å². The molecule has 1 aromatic rings. The van der Waals surface area contributed by atoms with Crippen LogP contribution in [0.5, 0.6) is 0 Å². The molecule has 126 valence electrons. The van der Waals surface area contributed by atoms with Crippen molar-refractivity contribution in [1.29, 1.82) is 0 Å². The molecule has 0 aliphatic carbocycles. The standard InChI is InChI=1S/C17H22BrFN2O2/c1-17(2,13-9-12(18)3-4-14(13)19)21(16(22)23)15-10-20-7-5-11(15)6-8-20/h3-4,9,11,15H,5-8,10H2,1-2H3,(H,22,23). The molecule has 6 heteroatoms. The minimum Gasteiger partial charge on any atom is -0.465 e. The minimum atomic E-state index is -0.979. The average Bonchev–Trinajstić information content (AvgIpc) is 2.50. The lowest BCUT2D eigenvalue weighted by atomic mass is 9.80. The minimum absolute atomic E-state index is 0.0802. The van der Waals surface area contributed by atoms with E-state index in [1.54, 1.807) is 26.0 Å². The van der Waals surface area contributed by atoms with Crippen LogP contribution in [-0.2, 0) is 5.54 Å². The van der Waals surface area contributed by atoms with Crippen molar-refractivity contribution in [3.05, 3.63) is 34.1 Å². The number of benzene rings is 1. The highest BCUT2D eigenvalue weighted by atomic mass is 79.9. The van der Waals surface area contributed by atoms with E-state index in [0.29, 0.717) is 11.5 Å². The zero-order chi connectivity index (χ0) is 16.8. The van der Waals surface area contributed by atoms with Crippen LogP contribution in [0.1, 0.15) is 32.3 Å². The molecule has 0 radical (unpaired) electrons. The SMILES string of the molecule is CC(C)(c1cc(Br)ccc1F)N(C(=O)O)C1CN2CCC1CC2. The molecule has 1 aromatic carbocycles. The van der Waals surface area contributed by atoms with E-state index in [4.69, 9.17) is 0 Å². The molecule has 23 heavy (non-hydrogen) atoms. The third-order valence-corrected chi connectivity index (χ3v) is 5.84. The zero-order valence-corrected chi connectivity index (χ0v) is 15.0. The van der Waals surface area contributed by atoms with Gasteiger partial charge in [-0.15, -0.1) is 0 Å². The van der Waals surface area contributed by atoms with Gasteiger partial charge in [-0.25, -0.2) is 9.18 Å². The molecule has 3 heterocycles. The van der Waals surface area contributed by atoms with Crippen molar-refractivity contribution in [3.63, 3.8) is 0 Å². The number of rotatable bonds is 3. The Bertz CT molecular complexity index is 615. The predicted octanol–water partition coefficient (Wildman–Crippen LogP) is 3.90. The van der Waals surface area contributed by atoms with Crippen molar-refractivity contribution in [1.82, 2.24) is 9.80 Å². The smallest absolute Gasteiger partial charge is 0.408 e. The summed E-state index contributed by atoms with van der Waals surface area (Å²) >= 11 is 3.36. The summed E-state index contributed by atoms with van der Waals surface area (Å²) in [5.41, 5.74) is -0.520. The van der Waals surface area contributed by atoms with E-state index in [9.17, 15) is 14.3 Å². The molecule has 1 N–H and O–H groups in total. The molecule has 0 aromatic heterocycles. The molecular formula is C17H22BrFN2O2. The lowest BCUT2D eigenvalue weighted by Gasteiger charge is -2.52. The van der Waals surface area contributed by atoms with Crippen LogP contribution in [0.25, 0.3) is 0 Å². The fourth-order valence-electron chi connectivity index (χ4n) is 4.12. The van der Waals surface area contributed by atoms with Gasteiger partial charge in [-0.05, 0) is 63.9 Å². The van der Waals surface area contributed by atoms with Crippen LogP contribution in [0.2, 0.25) is 0 Å². The van der Waals surface area contributed by atoms with E-state index >= 15 is 0 Å². The van der Waals surface area contributed by atoms with Crippen molar-refractivity contribution in [2.45, 2.75) is 38.3 Å². The summed E-state index contributed by atoms with van der Waals surface area (Å²) in [6.07, 6.45) is 1.06. The van der Waals surface area contributed by atoms with Gasteiger partial charge in [0, 0.05) is 16.6 Å². The van der Waals surface area contributed by atoms with Gasteiger partial charge in [0.15, 0.2) is 0 Å². The second-order valence-electron chi connectivity index (χ2n) is 7.04. The van der Waals surface area contributed by atoms with Gasteiger partial charge in [0.25, 0.3) is 0 Å². The average molecular weight is 385 g/mol. The summed E-state index contributed by atoms with van der Waals surface area (Å²) in [7, 11) is 0. The Labute approximate surface area is 144 Å². The summed E-state index contributed by atoms with van der Waals surface area (Å²) in [6, 6.07) is 4.63. The second kappa shape index (κ2) is 6.06. The molecule has 2 bridgehead atoms. The van der Waals surface area contributed by atoms with Crippen molar-refractivity contribution in [3.8, 4) is 0 Å². The first kappa shape index (κ1) is 16.7. The Morgan fingerprint density at radius 2 is 2.04 bits per heavy atom. The molecule has 3 fully saturated rings. The number of hydrogen-bond donors (Lipinski definition) is 1. The van der Waals surface area contributed by atoms with Crippen molar-refractivity contribution in [2.24, 2.45) is 5.92 Å². The molecule has 4 nitrogen and oxygen atoms in total. The maximum absolute atomic E-state index is 14.4. The van der Waals surface area contributed by atoms with Gasteiger partial charge < -0.3 is 10.0 Å². The number of hydrogen-bond acceptors (Lipinski definition) is 2. The van der Waals surface area contributed by atoms with Crippen molar-refractivity contribution >= 4 is 22.0 Å². The first-order chi connectivity index (χ1) is 10.8. The largest absolute Gasteiger partial charge is 0.465 e. The van der Waals surface area contributed by atoms with Gasteiger partial charge in [-0.2, -0.15) is 0 Å². The summed E-state index contributed by atoms with van der Waals surface area (Å²) in [6.45, 7) is 6.42. The Morgan fingerprint density at radius 3 is 2.57 bits per heavy atom. The molecule has 0 saturated carbocycles. The highest BCUT2D eigenvalue weighted by Crippen LogP contribution is 2.39. The predicted molar refractivity (Wildman–Crippen MR) is 89.9 cm³/mol.